The smallest absolute Gasteiger partial charge is 0.131 e. The Balaban J connectivity index is 0.000000161. The van der Waals surface area contributed by atoms with Gasteiger partial charge in [-0.05, 0) is 56.4 Å². The first kappa shape index (κ1) is 45.2. The number of nitrogens with zero attached hydrogens (tertiary/aromatic N) is 3. The van der Waals surface area contributed by atoms with Gasteiger partial charge < -0.3 is 0 Å². The topological polar surface area (TPSA) is 37.1 Å². The lowest BCUT2D eigenvalue weighted by molar-refractivity contribution is 1.30. The lowest BCUT2D eigenvalue weighted by Gasteiger charge is -2.34. The molecule has 3 nitrogen and oxygen atoms in total. The summed E-state index contributed by atoms with van der Waals surface area (Å²) in [7, 11) is -8.89. The number of hydrogen-bond acceptors (Lipinski definition) is 3. The summed E-state index contributed by atoms with van der Waals surface area (Å²) in [5, 5.41) is 10.3. The van der Waals surface area contributed by atoms with Crippen LogP contribution in [-0.2, 0) is 6.42 Å². The molecule has 0 fully saturated rings. The van der Waals surface area contributed by atoms with Crippen LogP contribution in [0.15, 0.2) is 298 Å². The molecule has 0 saturated heterocycles. The van der Waals surface area contributed by atoms with Crippen LogP contribution in [0.3, 0.4) is 0 Å². The van der Waals surface area contributed by atoms with Gasteiger partial charge in [-0.15, -0.1) is 0 Å². The second kappa shape index (κ2) is 20.4. The van der Waals surface area contributed by atoms with Gasteiger partial charge in [0.05, 0.1) is 28.2 Å². The quantitative estimate of drug-likeness (QED) is 0.123. The second-order valence-corrected chi connectivity index (χ2v) is 29.1. The number of amidine groups is 1. The maximum Gasteiger partial charge on any atom is 0.131 e. The van der Waals surface area contributed by atoms with Crippen LogP contribution < -0.4 is 42.4 Å². The predicted molar refractivity (Wildman–Crippen MR) is 305 cm³/mol. The summed E-state index contributed by atoms with van der Waals surface area (Å²) < 4.78 is 17.2. The van der Waals surface area contributed by atoms with E-state index in [2.05, 4.69) is 297 Å². The third-order valence-corrected chi connectivity index (χ3v) is 28.6. The maximum absolute atomic E-state index is 5.97. The molecule has 0 radical (unpaired) electrons. The van der Waals surface area contributed by atoms with E-state index < -0.39 is 28.2 Å². The number of benzene rings is 9. The van der Waals surface area contributed by atoms with Crippen LogP contribution in [0.25, 0.3) is 0 Å². The van der Waals surface area contributed by atoms with E-state index in [9.17, 15) is 0 Å². The predicted octanol–water partition coefficient (Wildman–Crippen LogP) is 13.0. The van der Waals surface area contributed by atoms with Gasteiger partial charge in [-0.25, -0.2) is 9.51 Å². The summed E-state index contributed by atoms with van der Waals surface area (Å²) in [6.45, 7) is 2.25. The van der Waals surface area contributed by atoms with Crippen molar-refractivity contribution in [1.29, 1.82) is 0 Å². The molecule has 332 valence electrons. The van der Waals surface area contributed by atoms with Crippen LogP contribution in [-0.4, -0.2) is 17.2 Å². The highest BCUT2D eigenvalue weighted by molar-refractivity contribution is 8.08. The minimum atomic E-state index is -2.32. The van der Waals surface area contributed by atoms with E-state index in [1.165, 1.54) is 53.6 Å². The molecule has 2 heterocycles. The molecule has 2 aliphatic heterocycles. The minimum absolute atomic E-state index is 0.706. The Hall–Kier alpha value is -6.55. The normalized spacial score (nSPS) is 16.0. The van der Waals surface area contributed by atoms with Gasteiger partial charge in [0, 0.05) is 27.6 Å². The monoisotopic (exact) mass is 951 g/mol. The summed E-state index contributed by atoms with van der Waals surface area (Å²) in [6, 6.07) is 97.5. The van der Waals surface area contributed by atoms with Crippen LogP contribution in [0.4, 0.5) is 0 Å². The van der Waals surface area contributed by atoms with E-state index in [1.807, 2.05) is 0 Å². The second-order valence-electron chi connectivity index (χ2n) is 16.9. The standard InChI is InChI=1S/C33H28N2P2.C28H25NP2/c1-6-16-28(17-7-1)26-33-34-36(29-18-8-2-9-19-29,30-20-10-3-11-21-30)27-37(35-33,31-22-12-4-13-23-31)32-24-14-5-15-25-32;1-24-22-30(25-14-6-2-7-15-25,26-16-8-3-9-17-26)29-31(23-24,27-18-10-4-11-19-27)28-20-12-5-13-21-28/h1-25,27H,26H2;2-23H,1H3. The van der Waals surface area contributed by atoms with Crippen molar-refractivity contribution in [2.45, 2.75) is 13.3 Å². The SMILES string of the molecule is C1=P(c2ccccc2)(c2ccccc2)N=C(Cc2ccccc2)N=P1(c1ccccc1)c1ccccc1.CC1=CP(c2ccccc2)(c2ccccc2)=NP(c2ccccc2)(c2ccccc2)=C1. The van der Waals surface area contributed by atoms with Gasteiger partial charge in [-0.1, -0.05) is 273 Å². The van der Waals surface area contributed by atoms with E-state index >= 15 is 0 Å². The molecular weight excluding hydrogens is 899 g/mol. The molecule has 9 aromatic rings. The fraction of sp³-hybridized carbons (Fsp3) is 0.0328. The molecule has 2 aliphatic rings. The molecule has 68 heavy (non-hydrogen) atoms. The zero-order valence-electron chi connectivity index (χ0n) is 38.1. The summed E-state index contributed by atoms with van der Waals surface area (Å²) >= 11 is 0. The number of rotatable bonds is 10. The summed E-state index contributed by atoms with van der Waals surface area (Å²) in [5.74, 6) is 5.82. The van der Waals surface area contributed by atoms with E-state index in [1.54, 1.807) is 0 Å². The molecule has 0 atom stereocenters. The molecule has 0 spiro atoms. The van der Waals surface area contributed by atoms with Crippen molar-refractivity contribution in [1.82, 2.24) is 0 Å². The van der Waals surface area contributed by atoms with Gasteiger partial charge in [0.25, 0.3) is 0 Å². The summed E-state index contributed by atoms with van der Waals surface area (Å²) in [6.07, 6.45) is 0.706. The van der Waals surface area contributed by atoms with Gasteiger partial charge in [0.2, 0.25) is 0 Å². The number of allylic oxidation sites excluding steroid dienone is 1. The number of hydrogen-bond donors (Lipinski definition) is 0. The Labute approximate surface area is 402 Å². The van der Waals surface area contributed by atoms with E-state index in [-0.39, 0.29) is 0 Å². The van der Waals surface area contributed by atoms with Gasteiger partial charge in [-0.3, -0.25) is 4.52 Å². The third-order valence-electron chi connectivity index (χ3n) is 12.3. The van der Waals surface area contributed by atoms with Gasteiger partial charge in [0.15, 0.2) is 0 Å². The summed E-state index contributed by atoms with van der Waals surface area (Å²) in [5.41, 5.74) is 5.12. The molecule has 11 rings (SSSR count). The summed E-state index contributed by atoms with van der Waals surface area (Å²) in [4.78, 5) is 0. The van der Waals surface area contributed by atoms with Crippen molar-refractivity contribution in [3.8, 4) is 0 Å². The van der Waals surface area contributed by atoms with Crippen molar-refractivity contribution >= 4 is 87.8 Å². The van der Waals surface area contributed by atoms with E-state index in [0.29, 0.717) is 6.42 Å². The van der Waals surface area contributed by atoms with Crippen molar-refractivity contribution in [3.05, 3.63) is 290 Å². The van der Waals surface area contributed by atoms with E-state index in [4.69, 9.17) is 14.0 Å². The molecule has 0 aromatic heterocycles. The molecule has 0 aliphatic carbocycles. The Kier molecular flexibility index (Phi) is 13.5. The van der Waals surface area contributed by atoms with Crippen LogP contribution >= 0.6 is 28.2 Å². The molecule has 0 saturated carbocycles. The third kappa shape index (κ3) is 9.09. The first-order valence-corrected chi connectivity index (χ1v) is 30.3. The Morgan fingerprint density at radius 3 is 0.971 bits per heavy atom. The minimum Gasteiger partial charge on any atom is -0.260 e. The average Bonchev–Trinajstić information content (AvgIpc) is 3.43. The lowest BCUT2D eigenvalue weighted by atomic mass is 10.1. The molecule has 0 unspecified atom stereocenters. The zero-order valence-corrected chi connectivity index (χ0v) is 41.6. The zero-order chi connectivity index (χ0) is 46.1. The fourth-order valence-corrected chi connectivity index (χ4v) is 27.3. The van der Waals surface area contributed by atoms with Crippen molar-refractivity contribution in [3.63, 3.8) is 0 Å². The first-order chi connectivity index (χ1) is 33.5. The van der Waals surface area contributed by atoms with Crippen LogP contribution in [0.2, 0.25) is 0 Å². The molecule has 0 N–H and O–H groups in total. The highest BCUT2D eigenvalue weighted by atomic mass is 31.2. The Morgan fingerprint density at radius 1 is 0.324 bits per heavy atom. The Bertz CT molecular complexity index is 3080. The highest BCUT2D eigenvalue weighted by Crippen LogP contribution is 2.64. The fourth-order valence-electron chi connectivity index (χ4n) is 9.26. The van der Waals surface area contributed by atoms with Crippen molar-refractivity contribution < 1.29 is 0 Å². The highest BCUT2D eigenvalue weighted by Gasteiger charge is 2.36. The van der Waals surface area contributed by atoms with Crippen molar-refractivity contribution in [2.24, 2.45) is 14.0 Å². The lowest BCUT2D eigenvalue weighted by Crippen LogP contribution is -2.26. The van der Waals surface area contributed by atoms with Crippen molar-refractivity contribution in [2.75, 3.05) is 0 Å². The molecule has 0 amide bonds. The molecular formula is C61H53N3P4. The van der Waals surface area contributed by atoms with Gasteiger partial charge in [0.1, 0.15) is 5.84 Å². The van der Waals surface area contributed by atoms with Gasteiger partial charge >= 0.3 is 0 Å². The first-order valence-electron chi connectivity index (χ1n) is 23.0. The van der Waals surface area contributed by atoms with Crippen LogP contribution in [0.1, 0.15) is 12.5 Å². The van der Waals surface area contributed by atoms with Crippen LogP contribution in [0.5, 0.6) is 0 Å². The largest absolute Gasteiger partial charge is 0.260 e. The average molecular weight is 952 g/mol. The molecule has 7 heteroatoms. The maximum atomic E-state index is 5.97. The molecule has 0 bridgehead atoms. The Morgan fingerprint density at radius 2 is 0.618 bits per heavy atom. The van der Waals surface area contributed by atoms with Crippen LogP contribution in [0, 0.1) is 0 Å². The van der Waals surface area contributed by atoms with E-state index in [0.717, 1.165) is 5.84 Å². The van der Waals surface area contributed by atoms with Gasteiger partial charge in [-0.2, -0.15) is 0 Å². The molecule has 9 aromatic carbocycles.